The largest absolute Gasteiger partial charge is 0.364 e. The molecule has 72 valence electrons. The molecule has 14 heavy (non-hydrogen) atoms. The molecule has 0 unspecified atom stereocenters. The number of thiazole rings is 1. The zero-order chi connectivity index (χ0) is 10.3. The van der Waals surface area contributed by atoms with Crippen molar-refractivity contribution in [1.29, 1.82) is 5.41 Å². The number of carbonyl (C=O) groups is 1. The van der Waals surface area contributed by atoms with E-state index in [0.717, 1.165) is 10.9 Å². The molecule has 0 atom stereocenters. The molecule has 0 aliphatic carbocycles. The molecule has 2 aromatic rings. The lowest BCUT2D eigenvalue weighted by atomic mass is 10.2. The standard InChI is InChI=1S/C8H8N4OS/c1-12-5(7(10)13)4(2-9)6-8(12)11-3-14-6/h2-3,9H,1H3,(H2,10,13). The van der Waals surface area contributed by atoms with E-state index in [2.05, 4.69) is 4.98 Å². The normalized spacial score (nSPS) is 10.6. The first kappa shape index (κ1) is 8.89. The first-order valence-electron chi connectivity index (χ1n) is 3.89. The fourth-order valence-corrected chi connectivity index (χ4v) is 2.32. The average Bonchev–Trinajstić information content (AvgIpc) is 2.67. The highest BCUT2D eigenvalue weighted by atomic mass is 32.1. The number of nitrogens with two attached hydrogens (primary N) is 1. The number of fused-ring (bicyclic) bond motifs is 1. The first-order chi connectivity index (χ1) is 6.66. The van der Waals surface area contributed by atoms with Crippen LogP contribution in [0.3, 0.4) is 0 Å². The molecule has 2 aromatic heterocycles. The SMILES string of the molecule is Cn1c(C(N)=O)c(C=N)c2scnc21. The van der Waals surface area contributed by atoms with Crippen LogP contribution < -0.4 is 5.73 Å². The Morgan fingerprint density at radius 2 is 2.50 bits per heavy atom. The maximum absolute atomic E-state index is 11.1. The fourth-order valence-electron chi connectivity index (χ4n) is 1.49. The second-order valence-electron chi connectivity index (χ2n) is 2.83. The van der Waals surface area contributed by atoms with Crippen LogP contribution in [0, 0.1) is 5.41 Å². The number of carbonyl (C=O) groups excluding carboxylic acids is 1. The molecule has 0 fully saturated rings. The van der Waals surface area contributed by atoms with Gasteiger partial charge in [0.1, 0.15) is 5.69 Å². The Morgan fingerprint density at radius 1 is 1.79 bits per heavy atom. The van der Waals surface area contributed by atoms with E-state index < -0.39 is 5.91 Å². The highest BCUT2D eigenvalue weighted by Gasteiger charge is 2.19. The van der Waals surface area contributed by atoms with Crippen molar-refractivity contribution < 1.29 is 4.79 Å². The van der Waals surface area contributed by atoms with Crippen molar-refractivity contribution in [3.05, 3.63) is 16.8 Å². The van der Waals surface area contributed by atoms with E-state index in [0.29, 0.717) is 16.9 Å². The van der Waals surface area contributed by atoms with Gasteiger partial charge in [-0.3, -0.25) is 4.79 Å². The summed E-state index contributed by atoms with van der Waals surface area (Å²) in [6, 6.07) is 0. The first-order valence-corrected chi connectivity index (χ1v) is 4.77. The van der Waals surface area contributed by atoms with Crippen molar-refractivity contribution in [2.45, 2.75) is 0 Å². The summed E-state index contributed by atoms with van der Waals surface area (Å²) in [5.74, 6) is -0.531. The van der Waals surface area contributed by atoms with Gasteiger partial charge in [-0.2, -0.15) is 0 Å². The van der Waals surface area contributed by atoms with Gasteiger partial charge in [-0.1, -0.05) is 0 Å². The van der Waals surface area contributed by atoms with Crippen LogP contribution in [-0.4, -0.2) is 21.7 Å². The van der Waals surface area contributed by atoms with E-state index in [1.165, 1.54) is 11.3 Å². The minimum atomic E-state index is -0.531. The molecule has 0 bridgehead atoms. The molecule has 5 nitrogen and oxygen atoms in total. The molecule has 2 heterocycles. The third-order valence-corrected chi connectivity index (χ3v) is 2.93. The Balaban J connectivity index is 2.93. The molecule has 0 aromatic carbocycles. The number of hydrogen-bond donors (Lipinski definition) is 2. The number of amides is 1. The van der Waals surface area contributed by atoms with Gasteiger partial charge in [0.05, 0.1) is 10.2 Å². The van der Waals surface area contributed by atoms with E-state index in [9.17, 15) is 4.79 Å². The molecule has 6 heteroatoms. The number of hydrogen-bond acceptors (Lipinski definition) is 4. The highest BCUT2D eigenvalue weighted by Crippen LogP contribution is 2.26. The third-order valence-electron chi connectivity index (χ3n) is 2.08. The number of nitrogens with zero attached hydrogens (tertiary/aromatic N) is 2. The molecule has 0 radical (unpaired) electrons. The van der Waals surface area contributed by atoms with Crippen LogP contribution in [0.2, 0.25) is 0 Å². The number of primary amides is 1. The lowest BCUT2D eigenvalue weighted by Gasteiger charge is -1.98. The Hall–Kier alpha value is -1.69. The smallest absolute Gasteiger partial charge is 0.266 e. The molecule has 0 saturated carbocycles. The maximum atomic E-state index is 11.1. The second kappa shape index (κ2) is 2.91. The van der Waals surface area contributed by atoms with Crippen molar-refractivity contribution in [1.82, 2.24) is 9.55 Å². The summed E-state index contributed by atoms with van der Waals surface area (Å²) in [5.41, 5.74) is 8.50. The molecule has 0 spiro atoms. The topological polar surface area (TPSA) is 84.8 Å². The van der Waals surface area contributed by atoms with Crippen molar-refractivity contribution in [3.63, 3.8) is 0 Å². The Bertz CT molecular complexity index is 525. The van der Waals surface area contributed by atoms with E-state index in [1.807, 2.05) is 0 Å². The van der Waals surface area contributed by atoms with Crippen LogP contribution in [0.25, 0.3) is 10.3 Å². The fraction of sp³-hybridized carbons (Fsp3) is 0.125. The molecule has 2 rings (SSSR count). The van der Waals surface area contributed by atoms with Crippen LogP contribution in [0.1, 0.15) is 16.1 Å². The summed E-state index contributed by atoms with van der Waals surface area (Å²) < 4.78 is 2.45. The van der Waals surface area contributed by atoms with E-state index in [1.54, 1.807) is 17.1 Å². The van der Waals surface area contributed by atoms with Gasteiger partial charge in [-0.25, -0.2) is 4.98 Å². The summed E-state index contributed by atoms with van der Waals surface area (Å²) in [6.07, 6.45) is 1.14. The van der Waals surface area contributed by atoms with Gasteiger partial charge in [0, 0.05) is 18.8 Å². The molecule has 1 amide bonds. The number of aromatic nitrogens is 2. The zero-order valence-electron chi connectivity index (χ0n) is 7.44. The predicted octanol–water partition coefficient (Wildman–Crippen LogP) is 0.731. The minimum Gasteiger partial charge on any atom is -0.364 e. The van der Waals surface area contributed by atoms with Crippen LogP contribution in [-0.2, 0) is 7.05 Å². The third kappa shape index (κ3) is 0.973. The summed E-state index contributed by atoms with van der Waals surface area (Å²) in [6.45, 7) is 0. The Morgan fingerprint density at radius 3 is 3.07 bits per heavy atom. The van der Waals surface area contributed by atoms with E-state index in [4.69, 9.17) is 11.1 Å². The molecule has 3 N–H and O–H groups in total. The van der Waals surface area contributed by atoms with Crippen LogP contribution in [0.15, 0.2) is 5.51 Å². The summed E-state index contributed by atoms with van der Waals surface area (Å²) >= 11 is 1.40. The van der Waals surface area contributed by atoms with E-state index >= 15 is 0 Å². The van der Waals surface area contributed by atoms with Crippen LogP contribution >= 0.6 is 11.3 Å². The van der Waals surface area contributed by atoms with Crippen molar-refractivity contribution in [2.75, 3.05) is 0 Å². The van der Waals surface area contributed by atoms with Gasteiger partial charge >= 0.3 is 0 Å². The zero-order valence-corrected chi connectivity index (χ0v) is 8.26. The highest BCUT2D eigenvalue weighted by molar-refractivity contribution is 7.17. The van der Waals surface area contributed by atoms with Gasteiger partial charge in [-0.05, 0) is 0 Å². The molecular formula is C8H8N4OS. The average molecular weight is 208 g/mol. The lowest BCUT2D eigenvalue weighted by Crippen LogP contribution is -2.17. The Labute approximate surface area is 83.7 Å². The number of nitrogens with one attached hydrogen (secondary N) is 1. The van der Waals surface area contributed by atoms with Crippen LogP contribution in [0.4, 0.5) is 0 Å². The van der Waals surface area contributed by atoms with Gasteiger partial charge in [0.25, 0.3) is 5.91 Å². The van der Waals surface area contributed by atoms with Gasteiger partial charge in [-0.15, -0.1) is 11.3 Å². The van der Waals surface area contributed by atoms with Crippen molar-refractivity contribution in [3.8, 4) is 0 Å². The number of rotatable bonds is 2. The molecule has 0 aliphatic rings. The molecule has 0 saturated heterocycles. The van der Waals surface area contributed by atoms with Crippen LogP contribution in [0.5, 0.6) is 0 Å². The quantitative estimate of drug-likeness (QED) is 0.713. The second-order valence-corrected chi connectivity index (χ2v) is 3.69. The van der Waals surface area contributed by atoms with Gasteiger partial charge in [0.2, 0.25) is 0 Å². The van der Waals surface area contributed by atoms with Crippen molar-refractivity contribution in [2.24, 2.45) is 12.8 Å². The lowest BCUT2D eigenvalue weighted by molar-refractivity contribution is 0.0993. The van der Waals surface area contributed by atoms with Crippen molar-refractivity contribution >= 4 is 33.8 Å². The molecular weight excluding hydrogens is 200 g/mol. The minimum absolute atomic E-state index is 0.342. The summed E-state index contributed by atoms with van der Waals surface area (Å²) in [5, 5.41) is 7.24. The summed E-state index contributed by atoms with van der Waals surface area (Å²) in [4.78, 5) is 15.2. The van der Waals surface area contributed by atoms with Gasteiger partial charge < -0.3 is 15.7 Å². The van der Waals surface area contributed by atoms with Gasteiger partial charge in [0.15, 0.2) is 5.65 Å². The molecule has 0 aliphatic heterocycles. The van der Waals surface area contributed by atoms with E-state index in [-0.39, 0.29) is 0 Å². The Kier molecular flexibility index (Phi) is 1.85. The number of aryl methyl sites for hydroxylation is 1. The summed E-state index contributed by atoms with van der Waals surface area (Å²) in [7, 11) is 1.72. The monoisotopic (exact) mass is 208 g/mol. The maximum Gasteiger partial charge on any atom is 0.266 e. The predicted molar refractivity (Wildman–Crippen MR) is 55.0 cm³/mol.